The van der Waals surface area contributed by atoms with Crippen LogP contribution in [0, 0.1) is 0 Å². The first kappa shape index (κ1) is 24.9. The molecule has 2 amide bonds. The van der Waals surface area contributed by atoms with E-state index < -0.39 is 6.04 Å². The molecule has 4 aromatic rings. The molecule has 10 heteroatoms. The fourth-order valence-corrected chi connectivity index (χ4v) is 5.23. The lowest BCUT2D eigenvalue weighted by molar-refractivity contribution is -0.142. The summed E-state index contributed by atoms with van der Waals surface area (Å²) in [6.45, 7) is 1.35. The zero-order valence-corrected chi connectivity index (χ0v) is 21.4. The lowest BCUT2D eigenvalue weighted by atomic mass is 10.0. The Morgan fingerprint density at radius 3 is 2.76 bits per heavy atom. The molecule has 0 radical (unpaired) electrons. The maximum atomic E-state index is 13.9. The molecule has 1 N–H and O–H groups in total. The van der Waals surface area contributed by atoms with Crippen molar-refractivity contribution in [1.82, 2.24) is 25.2 Å². The Labute approximate surface area is 219 Å². The van der Waals surface area contributed by atoms with Gasteiger partial charge in [0.1, 0.15) is 23.9 Å². The molecular formula is C27H29N5O4S. The van der Waals surface area contributed by atoms with Gasteiger partial charge < -0.3 is 19.7 Å². The molecule has 0 aliphatic carbocycles. The third kappa shape index (κ3) is 5.81. The largest absolute Gasteiger partial charge is 0.497 e. The maximum Gasteiger partial charge on any atom is 0.247 e. The van der Waals surface area contributed by atoms with E-state index in [0.29, 0.717) is 30.0 Å². The average molecular weight is 520 g/mol. The molecule has 192 valence electrons. The van der Waals surface area contributed by atoms with E-state index in [1.165, 1.54) is 0 Å². The van der Waals surface area contributed by atoms with Crippen LogP contribution >= 0.6 is 11.3 Å². The van der Waals surface area contributed by atoms with Crippen LogP contribution in [0.1, 0.15) is 29.3 Å². The molecule has 37 heavy (non-hydrogen) atoms. The van der Waals surface area contributed by atoms with Gasteiger partial charge in [-0.25, -0.2) is 4.68 Å². The molecule has 2 aromatic heterocycles. The lowest BCUT2D eigenvalue weighted by Crippen LogP contribution is -2.46. The molecule has 2 atom stereocenters. The summed E-state index contributed by atoms with van der Waals surface area (Å²) in [6.07, 6.45) is 1.88. The van der Waals surface area contributed by atoms with Crippen molar-refractivity contribution in [3.8, 4) is 5.75 Å². The zero-order valence-electron chi connectivity index (χ0n) is 20.6. The Morgan fingerprint density at radius 2 is 2.03 bits per heavy atom. The highest BCUT2D eigenvalue weighted by Crippen LogP contribution is 2.28. The van der Waals surface area contributed by atoms with Gasteiger partial charge in [0, 0.05) is 18.0 Å². The van der Waals surface area contributed by atoms with Crippen molar-refractivity contribution in [1.29, 1.82) is 0 Å². The van der Waals surface area contributed by atoms with Crippen LogP contribution in [0.4, 0.5) is 0 Å². The van der Waals surface area contributed by atoms with Gasteiger partial charge in [-0.2, -0.15) is 0 Å². The number of hydrogen-bond donors (Lipinski definition) is 1. The Hall–Kier alpha value is -3.76. The normalized spacial score (nSPS) is 16.0. The van der Waals surface area contributed by atoms with E-state index in [-0.39, 0.29) is 31.0 Å². The van der Waals surface area contributed by atoms with Gasteiger partial charge in [-0.15, -0.1) is 16.4 Å². The number of benzene rings is 2. The monoisotopic (exact) mass is 519 g/mol. The van der Waals surface area contributed by atoms with Crippen LogP contribution in [0.2, 0.25) is 0 Å². The number of aromatic nitrogens is 3. The summed E-state index contributed by atoms with van der Waals surface area (Å²) >= 11 is 1.54. The second kappa shape index (κ2) is 11.5. The molecule has 1 aliphatic heterocycles. The first-order valence-corrected chi connectivity index (χ1v) is 13.1. The number of amides is 2. The van der Waals surface area contributed by atoms with Gasteiger partial charge in [-0.1, -0.05) is 35.5 Å². The second-order valence-corrected chi connectivity index (χ2v) is 9.92. The minimum Gasteiger partial charge on any atom is -0.497 e. The molecule has 9 nitrogen and oxygen atoms in total. The summed E-state index contributed by atoms with van der Waals surface area (Å²) < 4.78 is 12.6. The average Bonchev–Trinajstić information content (AvgIpc) is 3.71. The lowest BCUT2D eigenvalue weighted by Gasteiger charge is -2.31. The number of carbonyl (C=O) groups is 2. The molecule has 0 bridgehead atoms. The number of para-hydroxylation sites is 1. The SMILES string of the molecule is COc1ccc([C@H](C(=O)NC[C@@H]2CCCO2)N(Cc2cccs2)C(=O)Cn2nnc3ccccc32)cc1. The second-order valence-electron chi connectivity index (χ2n) is 8.89. The first-order chi connectivity index (χ1) is 18.1. The van der Waals surface area contributed by atoms with Crippen LogP contribution in [0.5, 0.6) is 5.75 Å². The molecule has 0 spiro atoms. The van der Waals surface area contributed by atoms with Gasteiger partial charge in [-0.3, -0.25) is 9.59 Å². The Bertz CT molecular complexity index is 1330. The highest BCUT2D eigenvalue weighted by atomic mass is 32.1. The topological polar surface area (TPSA) is 98.6 Å². The number of methoxy groups -OCH3 is 1. The van der Waals surface area contributed by atoms with Crippen molar-refractivity contribution < 1.29 is 19.1 Å². The summed E-state index contributed by atoms with van der Waals surface area (Å²) in [5.74, 6) is 0.179. The number of thiophene rings is 1. The Kier molecular flexibility index (Phi) is 7.76. The minimum atomic E-state index is -0.850. The number of ether oxygens (including phenoxy) is 2. The van der Waals surface area contributed by atoms with Crippen molar-refractivity contribution in [3.63, 3.8) is 0 Å². The van der Waals surface area contributed by atoms with Gasteiger partial charge in [0.2, 0.25) is 11.8 Å². The third-order valence-electron chi connectivity index (χ3n) is 6.45. The number of hydrogen-bond acceptors (Lipinski definition) is 7. The van der Waals surface area contributed by atoms with E-state index in [4.69, 9.17) is 9.47 Å². The highest BCUT2D eigenvalue weighted by Gasteiger charge is 2.33. The number of nitrogens with zero attached hydrogens (tertiary/aromatic N) is 4. The van der Waals surface area contributed by atoms with E-state index in [0.717, 1.165) is 23.2 Å². The van der Waals surface area contributed by atoms with Crippen molar-refractivity contribution in [2.24, 2.45) is 0 Å². The van der Waals surface area contributed by atoms with E-state index in [9.17, 15) is 9.59 Å². The van der Waals surface area contributed by atoms with Crippen LogP contribution in [0.3, 0.4) is 0 Å². The van der Waals surface area contributed by atoms with E-state index >= 15 is 0 Å². The molecule has 1 aliphatic rings. The summed E-state index contributed by atoms with van der Waals surface area (Å²) in [4.78, 5) is 30.2. The van der Waals surface area contributed by atoms with Crippen molar-refractivity contribution in [2.75, 3.05) is 20.3 Å². The number of carbonyl (C=O) groups excluding carboxylic acids is 2. The predicted octanol–water partition coefficient (Wildman–Crippen LogP) is 3.57. The number of rotatable bonds is 10. The van der Waals surface area contributed by atoms with Crippen molar-refractivity contribution in [2.45, 2.75) is 38.1 Å². The maximum absolute atomic E-state index is 13.9. The number of fused-ring (bicyclic) bond motifs is 1. The smallest absolute Gasteiger partial charge is 0.247 e. The molecule has 0 unspecified atom stereocenters. The Morgan fingerprint density at radius 1 is 1.19 bits per heavy atom. The summed E-state index contributed by atoms with van der Waals surface area (Å²) in [5.41, 5.74) is 2.16. The van der Waals surface area contributed by atoms with Gasteiger partial charge in [0.05, 0.1) is 25.3 Å². The van der Waals surface area contributed by atoms with Crippen LogP contribution in [-0.4, -0.2) is 58.1 Å². The van der Waals surface area contributed by atoms with Crippen LogP contribution in [-0.2, 0) is 27.4 Å². The zero-order chi connectivity index (χ0) is 25.6. The Balaban J connectivity index is 1.47. The molecule has 3 heterocycles. The van der Waals surface area contributed by atoms with Gasteiger partial charge in [0.25, 0.3) is 0 Å². The van der Waals surface area contributed by atoms with Crippen LogP contribution in [0.15, 0.2) is 66.0 Å². The molecule has 2 aromatic carbocycles. The molecule has 0 saturated carbocycles. The van der Waals surface area contributed by atoms with Gasteiger partial charge in [0.15, 0.2) is 0 Å². The van der Waals surface area contributed by atoms with Crippen molar-refractivity contribution >= 4 is 34.2 Å². The van der Waals surface area contributed by atoms with Gasteiger partial charge >= 0.3 is 0 Å². The predicted molar refractivity (Wildman–Crippen MR) is 140 cm³/mol. The number of nitrogens with one attached hydrogen (secondary N) is 1. The first-order valence-electron chi connectivity index (χ1n) is 12.3. The summed E-state index contributed by atoms with van der Waals surface area (Å²) in [6, 6.07) is 17.8. The standard InChI is InChI=1S/C27H29N5O4S/c1-35-20-12-10-19(11-13-20)26(27(34)28-16-21-6-4-14-36-21)31(17-22-7-5-15-37-22)25(33)18-32-24-9-3-2-8-23(24)29-30-32/h2-3,5,7-13,15,21,26H,4,6,14,16-18H2,1H3,(H,28,34)/t21-,26+/m0/s1. The third-order valence-corrected chi connectivity index (χ3v) is 7.31. The van der Waals surface area contributed by atoms with Gasteiger partial charge in [-0.05, 0) is 54.1 Å². The molecule has 5 rings (SSSR count). The fourth-order valence-electron chi connectivity index (χ4n) is 4.52. The van der Waals surface area contributed by atoms with Crippen molar-refractivity contribution in [3.05, 3.63) is 76.5 Å². The van der Waals surface area contributed by atoms with Crippen LogP contribution in [0.25, 0.3) is 11.0 Å². The molecular weight excluding hydrogens is 490 g/mol. The quantitative estimate of drug-likeness (QED) is 0.344. The molecule has 1 saturated heterocycles. The van der Waals surface area contributed by atoms with E-state index in [1.54, 1.807) is 40.2 Å². The molecule has 1 fully saturated rings. The van der Waals surface area contributed by atoms with E-state index in [1.807, 2.05) is 53.9 Å². The summed E-state index contributed by atoms with van der Waals surface area (Å²) in [7, 11) is 1.59. The van der Waals surface area contributed by atoms with Crippen LogP contribution < -0.4 is 10.1 Å². The fraction of sp³-hybridized carbons (Fsp3) is 0.333. The minimum absolute atomic E-state index is 0.0107. The highest BCUT2D eigenvalue weighted by molar-refractivity contribution is 7.09. The van der Waals surface area contributed by atoms with E-state index in [2.05, 4.69) is 15.6 Å². The summed E-state index contributed by atoms with van der Waals surface area (Å²) in [5, 5.41) is 13.4.